The van der Waals surface area contributed by atoms with Gasteiger partial charge in [0.2, 0.25) is 10.0 Å². The van der Waals surface area contributed by atoms with Crippen LogP contribution in [0.1, 0.15) is 40.2 Å². The summed E-state index contributed by atoms with van der Waals surface area (Å²) in [5, 5.41) is 0. The summed E-state index contributed by atoms with van der Waals surface area (Å²) in [4.78, 5) is 11.7. The van der Waals surface area contributed by atoms with E-state index in [2.05, 4.69) is 4.72 Å². The average molecular weight is 355 g/mol. The summed E-state index contributed by atoms with van der Waals surface area (Å²) in [7, 11) is -2.31. The third-order valence-electron chi connectivity index (χ3n) is 2.69. The molecule has 0 fully saturated rings. The van der Waals surface area contributed by atoms with Crippen LogP contribution in [-0.4, -0.2) is 33.1 Å². The highest BCUT2D eigenvalue weighted by atomic mass is 32.2. The first-order valence-corrected chi connectivity index (χ1v) is 9.04. The van der Waals surface area contributed by atoms with Crippen LogP contribution in [0.15, 0.2) is 29.2 Å². The van der Waals surface area contributed by atoms with E-state index in [1.165, 1.54) is 25.3 Å². The standard InChI is InChI=1S/C17H25NO5S/c1-12(2)18-24(20,21)15-11-13(7-9-14(15)22-6)8-10-16(19)23-17(3,4)5/h7-12,18H,1-6H3/b10-8+. The average Bonchev–Trinajstić information content (AvgIpc) is 2.41. The molecule has 1 rings (SSSR count). The van der Waals surface area contributed by atoms with Gasteiger partial charge in [0.25, 0.3) is 0 Å². The van der Waals surface area contributed by atoms with E-state index in [0.717, 1.165) is 0 Å². The number of carbonyl (C=O) groups is 1. The Morgan fingerprint density at radius 2 is 1.88 bits per heavy atom. The maximum atomic E-state index is 12.4. The van der Waals surface area contributed by atoms with Crippen molar-refractivity contribution in [3.8, 4) is 5.75 Å². The van der Waals surface area contributed by atoms with Crippen LogP contribution >= 0.6 is 0 Å². The fourth-order valence-electron chi connectivity index (χ4n) is 1.88. The first kappa shape index (κ1) is 20.2. The maximum absolute atomic E-state index is 12.4. The zero-order valence-corrected chi connectivity index (χ0v) is 15.7. The smallest absolute Gasteiger partial charge is 0.331 e. The molecule has 0 heterocycles. The highest BCUT2D eigenvalue weighted by Crippen LogP contribution is 2.25. The zero-order valence-electron chi connectivity index (χ0n) is 14.9. The predicted octanol–water partition coefficient (Wildman–Crippen LogP) is 2.74. The lowest BCUT2D eigenvalue weighted by molar-refractivity contribution is -0.148. The number of hydrogen-bond acceptors (Lipinski definition) is 5. The molecule has 0 saturated carbocycles. The van der Waals surface area contributed by atoms with Crippen LogP contribution in [0.3, 0.4) is 0 Å². The van der Waals surface area contributed by atoms with Gasteiger partial charge >= 0.3 is 5.97 Å². The van der Waals surface area contributed by atoms with Crippen molar-refractivity contribution < 1.29 is 22.7 Å². The summed E-state index contributed by atoms with van der Waals surface area (Å²) in [6.45, 7) is 8.78. The minimum atomic E-state index is -3.72. The Balaban J connectivity index is 3.12. The number of benzene rings is 1. The lowest BCUT2D eigenvalue weighted by Gasteiger charge is -2.18. The fraction of sp³-hybridized carbons (Fsp3) is 0.471. The fourth-order valence-corrected chi connectivity index (χ4v) is 3.34. The van der Waals surface area contributed by atoms with Crippen LogP contribution in [0, 0.1) is 0 Å². The van der Waals surface area contributed by atoms with Crippen LogP contribution in [0.25, 0.3) is 6.08 Å². The molecule has 0 spiro atoms. The number of rotatable bonds is 6. The van der Waals surface area contributed by atoms with Gasteiger partial charge in [-0.2, -0.15) is 0 Å². The molecule has 7 heteroatoms. The minimum absolute atomic E-state index is 0.0186. The third kappa shape index (κ3) is 6.33. The quantitative estimate of drug-likeness (QED) is 0.627. The summed E-state index contributed by atoms with van der Waals surface area (Å²) in [6.07, 6.45) is 2.77. The normalized spacial score (nSPS) is 12.6. The summed E-state index contributed by atoms with van der Waals surface area (Å²) >= 11 is 0. The van der Waals surface area contributed by atoms with E-state index >= 15 is 0 Å². The van der Waals surface area contributed by atoms with Gasteiger partial charge in [-0.25, -0.2) is 17.9 Å². The first-order chi connectivity index (χ1) is 10.9. The van der Waals surface area contributed by atoms with Gasteiger partial charge in [0.05, 0.1) is 7.11 Å². The molecule has 0 saturated heterocycles. The van der Waals surface area contributed by atoms with Gasteiger partial charge in [0, 0.05) is 12.1 Å². The van der Waals surface area contributed by atoms with Crippen LogP contribution in [0.4, 0.5) is 0 Å². The van der Waals surface area contributed by atoms with E-state index in [-0.39, 0.29) is 16.7 Å². The minimum Gasteiger partial charge on any atom is -0.495 e. The second-order valence-corrected chi connectivity index (χ2v) is 8.24. The number of carbonyl (C=O) groups excluding carboxylic acids is 1. The van der Waals surface area contributed by atoms with Gasteiger partial charge in [-0.05, 0) is 58.4 Å². The molecule has 24 heavy (non-hydrogen) atoms. The number of methoxy groups -OCH3 is 1. The van der Waals surface area contributed by atoms with Crippen molar-refractivity contribution in [3.05, 3.63) is 29.8 Å². The molecule has 0 radical (unpaired) electrons. The van der Waals surface area contributed by atoms with Crippen molar-refractivity contribution in [1.29, 1.82) is 0 Å². The van der Waals surface area contributed by atoms with E-state index < -0.39 is 21.6 Å². The van der Waals surface area contributed by atoms with Crippen molar-refractivity contribution >= 4 is 22.1 Å². The molecule has 0 bridgehead atoms. The van der Waals surface area contributed by atoms with E-state index in [1.807, 2.05) is 0 Å². The van der Waals surface area contributed by atoms with Crippen molar-refractivity contribution in [1.82, 2.24) is 4.72 Å². The van der Waals surface area contributed by atoms with E-state index in [4.69, 9.17) is 9.47 Å². The van der Waals surface area contributed by atoms with Crippen LogP contribution in [0.2, 0.25) is 0 Å². The molecular formula is C17H25NO5S. The third-order valence-corrected chi connectivity index (χ3v) is 4.37. The molecule has 6 nitrogen and oxygen atoms in total. The number of nitrogens with one attached hydrogen (secondary N) is 1. The summed E-state index contributed by atoms with van der Waals surface area (Å²) in [6, 6.07) is 4.41. The van der Waals surface area contributed by atoms with Crippen LogP contribution < -0.4 is 9.46 Å². The second kappa shape index (κ2) is 7.81. The SMILES string of the molecule is COc1ccc(/C=C/C(=O)OC(C)(C)C)cc1S(=O)(=O)NC(C)C. The number of esters is 1. The monoisotopic (exact) mass is 355 g/mol. The predicted molar refractivity (Wildman–Crippen MR) is 93.3 cm³/mol. The van der Waals surface area contributed by atoms with Gasteiger partial charge in [0.1, 0.15) is 16.2 Å². The van der Waals surface area contributed by atoms with Crippen LogP contribution in [0.5, 0.6) is 5.75 Å². The molecule has 0 atom stereocenters. The lowest BCUT2D eigenvalue weighted by Crippen LogP contribution is -2.30. The van der Waals surface area contributed by atoms with Crippen LogP contribution in [-0.2, 0) is 19.6 Å². The molecule has 1 aromatic rings. The van der Waals surface area contributed by atoms with Gasteiger partial charge in [0.15, 0.2) is 0 Å². The highest BCUT2D eigenvalue weighted by molar-refractivity contribution is 7.89. The maximum Gasteiger partial charge on any atom is 0.331 e. The number of sulfonamides is 1. The first-order valence-electron chi connectivity index (χ1n) is 7.56. The summed E-state index contributed by atoms with van der Waals surface area (Å²) in [5.41, 5.74) is -0.0393. The van der Waals surface area contributed by atoms with Gasteiger partial charge in [-0.1, -0.05) is 6.07 Å². The molecule has 0 aliphatic rings. The number of ether oxygens (including phenoxy) is 2. The topological polar surface area (TPSA) is 81.7 Å². The summed E-state index contributed by atoms with van der Waals surface area (Å²) in [5.74, 6) is -0.263. The van der Waals surface area contributed by atoms with Gasteiger partial charge in [-0.15, -0.1) is 0 Å². The molecular weight excluding hydrogens is 330 g/mol. The Morgan fingerprint density at radius 3 is 2.38 bits per heavy atom. The molecule has 0 unspecified atom stereocenters. The molecule has 0 aliphatic carbocycles. The van der Waals surface area contributed by atoms with E-state index in [9.17, 15) is 13.2 Å². The van der Waals surface area contributed by atoms with E-state index in [0.29, 0.717) is 5.56 Å². The molecule has 1 aromatic carbocycles. The zero-order chi connectivity index (χ0) is 18.5. The second-order valence-electron chi connectivity index (χ2n) is 6.55. The Bertz CT molecular complexity index is 715. The Morgan fingerprint density at radius 1 is 1.25 bits per heavy atom. The van der Waals surface area contributed by atoms with Gasteiger partial charge in [-0.3, -0.25) is 0 Å². The van der Waals surface area contributed by atoms with Crippen molar-refractivity contribution in [2.24, 2.45) is 0 Å². The Kier molecular flexibility index (Phi) is 6.57. The molecule has 0 amide bonds. The molecule has 0 aliphatic heterocycles. The highest BCUT2D eigenvalue weighted by Gasteiger charge is 2.21. The van der Waals surface area contributed by atoms with Crippen molar-refractivity contribution in [2.45, 2.75) is 51.2 Å². The van der Waals surface area contributed by atoms with Gasteiger partial charge < -0.3 is 9.47 Å². The molecule has 134 valence electrons. The summed E-state index contributed by atoms with van der Waals surface area (Å²) < 4.78 is 37.6. The molecule has 0 aromatic heterocycles. The number of hydrogen-bond donors (Lipinski definition) is 1. The van der Waals surface area contributed by atoms with E-state index in [1.54, 1.807) is 46.8 Å². The largest absolute Gasteiger partial charge is 0.495 e. The van der Waals surface area contributed by atoms with Crippen molar-refractivity contribution in [2.75, 3.05) is 7.11 Å². The lowest BCUT2D eigenvalue weighted by atomic mass is 10.2. The Labute approximate surface area is 143 Å². The Hall–Kier alpha value is -1.86. The van der Waals surface area contributed by atoms with Crippen molar-refractivity contribution in [3.63, 3.8) is 0 Å². The molecule has 1 N–H and O–H groups in total.